The third-order valence-electron chi connectivity index (χ3n) is 3.16. The number of rotatable bonds is 3. The Morgan fingerprint density at radius 1 is 1.09 bits per heavy atom. The van der Waals surface area contributed by atoms with Gasteiger partial charge in [0.1, 0.15) is 11.6 Å². The summed E-state index contributed by atoms with van der Waals surface area (Å²) < 4.78 is 5.59. The van der Waals surface area contributed by atoms with Crippen molar-refractivity contribution in [1.29, 1.82) is 0 Å². The topological polar surface area (TPSA) is 55.1 Å². The summed E-state index contributed by atoms with van der Waals surface area (Å²) in [6.07, 6.45) is 0. The fraction of sp³-hybridized carbons (Fsp3) is 0.0588. The van der Waals surface area contributed by atoms with E-state index >= 15 is 0 Å². The molecule has 3 rings (SSSR count). The Balaban J connectivity index is 1.81. The SMILES string of the molecule is Cc1cccc(NC(=O)c2ccc(-c3ccc(Cl)c(Cl)c3)o2)n1. The second-order valence-corrected chi connectivity index (χ2v) is 5.73. The van der Waals surface area contributed by atoms with E-state index in [9.17, 15) is 4.79 Å². The van der Waals surface area contributed by atoms with Gasteiger partial charge in [0.15, 0.2) is 5.76 Å². The molecule has 23 heavy (non-hydrogen) atoms. The molecule has 6 heteroatoms. The van der Waals surface area contributed by atoms with Gasteiger partial charge in [-0.05, 0) is 49.4 Å². The summed E-state index contributed by atoms with van der Waals surface area (Å²) in [5.41, 5.74) is 1.56. The van der Waals surface area contributed by atoms with Crippen LogP contribution in [0.15, 0.2) is 52.9 Å². The highest BCUT2D eigenvalue weighted by Crippen LogP contribution is 2.29. The van der Waals surface area contributed by atoms with Gasteiger partial charge >= 0.3 is 0 Å². The van der Waals surface area contributed by atoms with Gasteiger partial charge in [0.05, 0.1) is 10.0 Å². The molecule has 4 nitrogen and oxygen atoms in total. The molecule has 0 radical (unpaired) electrons. The van der Waals surface area contributed by atoms with Gasteiger partial charge in [-0.25, -0.2) is 4.98 Å². The van der Waals surface area contributed by atoms with Gasteiger partial charge < -0.3 is 9.73 Å². The van der Waals surface area contributed by atoms with E-state index in [2.05, 4.69) is 10.3 Å². The first-order valence-electron chi connectivity index (χ1n) is 6.83. The van der Waals surface area contributed by atoms with Crippen molar-refractivity contribution in [3.63, 3.8) is 0 Å². The van der Waals surface area contributed by atoms with Gasteiger partial charge in [-0.3, -0.25) is 4.79 Å². The van der Waals surface area contributed by atoms with Gasteiger partial charge in [-0.15, -0.1) is 0 Å². The van der Waals surface area contributed by atoms with E-state index in [0.29, 0.717) is 21.6 Å². The van der Waals surface area contributed by atoms with Crippen molar-refractivity contribution in [3.8, 4) is 11.3 Å². The van der Waals surface area contributed by atoms with Gasteiger partial charge in [0.2, 0.25) is 0 Å². The molecule has 1 N–H and O–H groups in total. The van der Waals surface area contributed by atoms with Crippen LogP contribution in [0.3, 0.4) is 0 Å². The van der Waals surface area contributed by atoms with E-state index in [1.807, 2.05) is 19.1 Å². The highest BCUT2D eigenvalue weighted by molar-refractivity contribution is 6.42. The Morgan fingerprint density at radius 3 is 2.65 bits per heavy atom. The van der Waals surface area contributed by atoms with E-state index in [0.717, 1.165) is 11.3 Å². The van der Waals surface area contributed by atoms with Crippen LogP contribution in [0, 0.1) is 6.92 Å². The van der Waals surface area contributed by atoms with Gasteiger partial charge in [-0.2, -0.15) is 0 Å². The minimum atomic E-state index is -0.366. The maximum Gasteiger partial charge on any atom is 0.292 e. The summed E-state index contributed by atoms with van der Waals surface area (Å²) in [5.74, 6) is 0.831. The summed E-state index contributed by atoms with van der Waals surface area (Å²) in [7, 11) is 0. The number of benzene rings is 1. The molecule has 116 valence electrons. The number of carbonyl (C=O) groups excluding carboxylic acids is 1. The second kappa shape index (κ2) is 6.44. The Labute approximate surface area is 143 Å². The first-order valence-corrected chi connectivity index (χ1v) is 7.59. The van der Waals surface area contributed by atoms with Crippen LogP contribution in [0.2, 0.25) is 10.0 Å². The van der Waals surface area contributed by atoms with Crippen LogP contribution >= 0.6 is 23.2 Å². The minimum Gasteiger partial charge on any atom is -0.451 e. The Hall–Kier alpha value is -2.30. The molecule has 0 unspecified atom stereocenters. The zero-order valence-electron chi connectivity index (χ0n) is 12.1. The average molecular weight is 347 g/mol. The molecule has 0 saturated heterocycles. The van der Waals surface area contributed by atoms with Crippen LogP contribution in [0.25, 0.3) is 11.3 Å². The molecule has 0 aliphatic heterocycles. The zero-order valence-corrected chi connectivity index (χ0v) is 13.7. The number of aryl methyl sites for hydroxylation is 1. The number of aromatic nitrogens is 1. The minimum absolute atomic E-state index is 0.189. The van der Waals surface area contributed by atoms with Crippen LogP contribution in [0.4, 0.5) is 5.82 Å². The van der Waals surface area contributed by atoms with E-state index in [1.165, 1.54) is 0 Å². The molecule has 0 saturated carbocycles. The first-order chi connectivity index (χ1) is 11.0. The molecule has 0 aliphatic carbocycles. The summed E-state index contributed by atoms with van der Waals surface area (Å²) in [6.45, 7) is 1.85. The number of nitrogens with one attached hydrogen (secondary N) is 1. The fourth-order valence-corrected chi connectivity index (χ4v) is 2.35. The molecular formula is C17H12Cl2N2O2. The number of halogens is 2. The molecular weight excluding hydrogens is 335 g/mol. The lowest BCUT2D eigenvalue weighted by Crippen LogP contribution is -2.12. The summed E-state index contributed by atoms with van der Waals surface area (Å²) in [6, 6.07) is 13.8. The molecule has 0 bridgehead atoms. The Morgan fingerprint density at radius 2 is 1.91 bits per heavy atom. The number of hydrogen-bond donors (Lipinski definition) is 1. The second-order valence-electron chi connectivity index (χ2n) is 4.91. The van der Waals surface area contributed by atoms with Crippen LogP contribution < -0.4 is 5.32 Å². The Kier molecular flexibility index (Phi) is 4.37. The van der Waals surface area contributed by atoms with E-state index in [4.69, 9.17) is 27.6 Å². The number of carbonyl (C=O) groups is 1. The molecule has 0 fully saturated rings. The van der Waals surface area contributed by atoms with Crippen molar-refractivity contribution in [1.82, 2.24) is 4.98 Å². The quantitative estimate of drug-likeness (QED) is 0.708. The largest absolute Gasteiger partial charge is 0.451 e. The molecule has 2 heterocycles. The average Bonchev–Trinajstić information content (AvgIpc) is 3.00. The van der Waals surface area contributed by atoms with E-state index in [-0.39, 0.29) is 11.7 Å². The number of furan rings is 1. The van der Waals surface area contributed by atoms with Crippen molar-refractivity contribution < 1.29 is 9.21 Å². The van der Waals surface area contributed by atoms with Crippen molar-refractivity contribution >= 4 is 34.9 Å². The predicted octanol–water partition coefficient (Wildman–Crippen LogP) is 5.21. The lowest BCUT2D eigenvalue weighted by molar-refractivity contribution is 0.0997. The number of anilines is 1. The highest BCUT2D eigenvalue weighted by Gasteiger charge is 2.13. The van der Waals surface area contributed by atoms with E-state index < -0.39 is 0 Å². The van der Waals surface area contributed by atoms with Crippen LogP contribution in [-0.2, 0) is 0 Å². The summed E-state index contributed by atoms with van der Waals surface area (Å²) >= 11 is 11.9. The highest BCUT2D eigenvalue weighted by atomic mass is 35.5. The van der Waals surface area contributed by atoms with Crippen molar-refractivity contribution in [2.75, 3.05) is 5.32 Å². The van der Waals surface area contributed by atoms with Crippen LogP contribution in [0.5, 0.6) is 0 Å². The van der Waals surface area contributed by atoms with Crippen molar-refractivity contribution in [3.05, 3.63) is 70.0 Å². The molecule has 1 aromatic carbocycles. The molecule has 2 aromatic heterocycles. The van der Waals surface area contributed by atoms with Crippen molar-refractivity contribution in [2.45, 2.75) is 6.92 Å². The maximum atomic E-state index is 12.2. The monoisotopic (exact) mass is 346 g/mol. The fourth-order valence-electron chi connectivity index (χ4n) is 2.06. The van der Waals surface area contributed by atoms with E-state index in [1.54, 1.807) is 36.4 Å². The molecule has 0 aliphatic rings. The molecule has 1 amide bonds. The first kappa shape index (κ1) is 15.6. The number of pyridine rings is 1. The van der Waals surface area contributed by atoms with Crippen molar-refractivity contribution in [2.24, 2.45) is 0 Å². The molecule has 0 atom stereocenters. The standard InChI is InChI=1S/C17H12Cl2N2O2/c1-10-3-2-4-16(20-10)21-17(22)15-8-7-14(23-15)11-5-6-12(18)13(19)9-11/h2-9H,1H3,(H,20,21,22). The van der Waals surface area contributed by atoms with Crippen LogP contribution in [-0.4, -0.2) is 10.9 Å². The number of amides is 1. The summed E-state index contributed by atoms with van der Waals surface area (Å²) in [5, 5.41) is 3.58. The van der Waals surface area contributed by atoms with Crippen LogP contribution in [0.1, 0.15) is 16.2 Å². The number of nitrogens with zero attached hydrogens (tertiary/aromatic N) is 1. The lowest BCUT2D eigenvalue weighted by Gasteiger charge is -2.03. The molecule has 0 spiro atoms. The van der Waals surface area contributed by atoms with Gasteiger partial charge in [-0.1, -0.05) is 29.3 Å². The smallest absolute Gasteiger partial charge is 0.292 e. The van der Waals surface area contributed by atoms with Gasteiger partial charge in [0.25, 0.3) is 5.91 Å². The summed E-state index contributed by atoms with van der Waals surface area (Å²) in [4.78, 5) is 16.4. The lowest BCUT2D eigenvalue weighted by atomic mass is 10.2. The van der Waals surface area contributed by atoms with Gasteiger partial charge in [0, 0.05) is 11.3 Å². The third-order valence-corrected chi connectivity index (χ3v) is 3.90. The predicted molar refractivity (Wildman–Crippen MR) is 91.1 cm³/mol. The maximum absolute atomic E-state index is 12.2. The zero-order chi connectivity index (χ0) is 16.4. The normalized spacial score (nSPS) is 10.6. The molecule has 3 aromatic rings. The number of hydrogen-bond acceptors (Lipinski definition) is 3. The Bertz CT molecular complexity index is 875. The third kappa shape index (κ3) is 3.55.